The monoisotopic (exact) mass is 408 g/mol. The lowest BCUT2D eigenvalue weighted by molar-refractivity contribution is -0.147. The van der Waals surface area contributed by atoms with Crippen LogP contribution in [0.1, 0.15) is 42.4 Å². The van der Waals surface area contributed by atoms with Crippen molar-refractivity contribution in [3.05, 3.63) is 76.2 Å². The van der Waals surface area contributed by atoms with Gasteiger partial charge in [-0.15, -0.1) is 0 Å². The van der Waals surface area contributed by atoms with Crippen molar-refractivity contribution in [3.63, 3.8) is 0 Å². The number of fused-ring (bicyclic) bond motifs is 1. The van der Waals surface area contributed by atoms with E-state index in [0.717, 1.165) is 0 Å². The summed E-state index contributed by atoms with van der Waals surface area (Å²) in [5.41, 5.74) is 0.487. The summed E-state index contributed by atoms with van der Waals surface area (Å²) in [5, 5.41) is 3.99. The summed E-state index contributed by atoms with van der Waals surface area (Å²) < 4.78 is 10.4. The van der Waals surface area contributed by atoms with Crippen LogP contribution in [0.3, 0.4) is 0 Å². The lowest BCUT2D eigenvalue weighted by Crippen LogP contribution is -2.32. The van der Waals surface area contributed by atoms with Gasteiger partial charge in [0.05, 0.1) is 25.7 Å². The number of carbonyl (C=O) groups is 2. The van der Waals surface area contributed by atoms with E-state index in [0.29, 0.717) is 22.1 Å². The van der Waals surface area contributed by atoms with Crippen LogP contribution in [0, 0.1) is 0 Å². The van der Waals surface area contributed by atoms with E-state index in [1.54, 1.807) is 75.6 Å². The van der Waals surface area contributed by atoms with E-state index < -0.39 is 17.9 Å². The van der Waals surface area contributed by atoms with Crippen LogP contribution in [0.25, 0.3) is 10.8 Å². The van der Waals surface area contributed by atoms with Gasteiger partial charge >= 0.3 is 5.97 Å². The number of aromatic nitrogens is 1. The molecule has 0 aliphatic heterocycles. The fraction of sp³-hybridized carbons (Fsp3) is 0.261. The molecular formula is C23H24N2O5. The number of amides is 1. The highest BCUT2D eigenvalue weighted by Crippen LogP contribution is 2.22. The molecule has 0 saturated heterocycles. The third kappa shape index (κ3) is 5.05. The molecule has 2 N–H and O–H groups in total. The van der Waals surface area contributed by atoms with Crippen molar-refractivity contribution in [1.29, 1.82) is 0 Å². The van der Waals surface area contributed by atoms with Crippen molar-refractivity contribution >= 4 is 22.6 Å². The van der Waals surface area contributed by atoms with Crippen molar-refractivity contribution in [3.8, 4) is 5.75 Å². The Bertz CT molecular complexity index is 1100. The number of aromatic amines is 1. The van der Waals surface area contributed by atoms with Crippen molar-refractivity contribution in [2.45, 2.75) is 32.4 Å². The minimum Gasteiger partial charge on any atom is -0.497 e. The Balaban J connectivity index is 1.88. The van der Waals surface area contributed by atoms with Gasteiger partial charge in [0.1, 0.15) is 11.4 Å². The number of H-pyrrole nitrogens is 1. The minimum absolute atomic E-state index is 0.0476. The normalized spacial score (nSPS) is 11.9. The molecule has 0 bridgehead atoms. The maximum atomic E-state index is 12.9. The first kappa shape index (κ1) is 21.1. The predicted octanol–water partition coefficient (Wildman–Crippen LogP) is 3.35. The molecule has 0 radical (unpaired) electrons. The number of benzene rings is 2. The number of esters is 1. The Morgan fingerprint density at radius 1 is 1.07 bits per heavy atom. The fourth-order valence-corrected chi connectivity index (χ4v) is 3.14. The Morgan fingerprint density at radius 2 is 1.77 bits per heavy atom. The lowest BCUT2D eigenvalue weighted by atomic mass is 10.0. The van der Waals surface area contributed by atoms with Crippen LogP contribution in [0.15, 0.2) is 59.4 Å². The Labute approximate surface area is 174 Å². The fourth-order valence-electron chi connectivity index (χ4n) is 3.14. The Kier molecular flexibility index (Phi) is 6.51. The molecule has 1 unspecified atom stereocenters. The van der Waals surface area contributed by atoms with Crippen LogP contribution >= 0.6 is 0 Å². The largest absolute Gasteiger partial charge is 0.497 e. The third-order valence-corrected chi connectivity index (χ3v) is 4.56. The topological polar surface area (TPSA) is 97.5 Å². The smallest absolute Gasteiger partial charge is 0.308 e. The van der Waals surface area contributed by atoms with E-state index in [9.17, 15) is 14.4 Å². The molecule has 7 heteroatoms. The van der Waals surface area contributed by atoms with E-state index in [2.05, 4.69) is 10.3 Å². The summed E-state index contributed by atoms with van der Waals surface area (Å²) in [5.74, 6) is -0.262. The molecule has 0 fully saturated rings. The van der Waals surface area contributed by atoms with Gasteiger partial charge in [-0.1, -0.05) is 30.3 Å². The van der Waals surface area contributed by atoms with Crippen LogP contribution in [0.5, 0.6) is 5.75 Å². The number of hydrogen-bond acceptors (Lipinski definition) is 5. The first-order valence-electron chi connectivity index (χ1n) is 9.63. The Morgan fingerprint density at radius 3 is 2.43 bits per heavy atom. The van der Waals surface area contributed by atoms with Gasteiger partial charge in [0.2, 0.25) is 0 Å². The molecule has 3 rings (SSSR count). The van der Waals surface area contributed by atoms with Crippen molar-refractivity contribution in [2.24, 2.45) is 0 Å². The van der Waals surface area contributed by atoms with Gasteiger partial charge in [0, 0.05) is 5.39 Å². The zero-order valence-corrected chi connectivity index (χ0v) is 17.1. The molecule has 156 valence electrons. The predicted molar refractivity (Wildman–Crippen MR) is 114 cm³/mol. The van der Waals surface area contributed by atoms with Crippen molar-refractivity contribution < 1.29 is 19.1 Å². The van der Waals surface area contributed by atoms with Gasteiger partial charge in [-0.05, 0) is 49.1 Å². The molecule has 3 aromatic rings. The highest BCUT2D eigenvalue weighted by molar-refractivity contribution is 5.96. The van der Waals surface area contributed by atoms with Gasteiger partial charge in [-0.3, -0.25) is 14.4 Å². The second-order valence-corrected chi connectivity index (χ2v) is 7.14. The van der Waals surface area contributed by atoms with E-state index in [4.69, 9.17) is 9.47 Å². The van der Waals surface area contributed by atoms with Gasteiger partial charge in [-0.25, -0.2) is 0 Å². The van der Waals surface area contributed by atoms with Crippen LogP contribution < -0.4 is 15.6 Å². The van der Waals surface area contributed by atoms with Crippen molar-refractivity contribution in [1.82, 2.24) is 10.3 Å². The average molecular weight is 408 g/mol. The minimum atomic E-state index is -0.635. The number of pyridine rings is 1. The van der Waals surface area contributed by atoms with Crippen LogP contribution in [0.2, 0.25) is 0 Å². The van der Waals surface area contributed by atoms with E-state index in [1.165, 1.54) is 0 Å². The molecule has 2 aromatic carbocycles. The highest BCUT2D eigenvalue weighted by atomic mass is 16.5. The van der Waals surface area contributed by atoms with Gasteiger partial charge in [-0.2, -0.15) is 0 Å². The standard InChI is InChI=1S/C23H24N2O5/c1-14(2)30-21(26)13-19(15-8-10-17(29-3)11-9-15)24-23(28)20-12-16-6-4-5-7-18(16)22(27)25-20/h4-12,14,19H,13H2,1-3H3,(H,24,28)(H,25,27). The first-order chi connectivity index (χ1) is 14.4. The number of hydrogen-bond donors (Lipinski definition) is 2. The molecule has 1 heterocycles. The summed E-state index contributed by atoms with van der Waals surface area (Å²) >= 11 is 0. The lowest BCUT2D eigenvalue weighted by Gasteiger charge is -2.20. The second-order valence-electron chi connectivity index (χ2n) is 7.14. The van der Waals surface area contributed by atoms with Gasteiger partial charge < -0.3 is 19.8 Å². The number of rotatable bonds is 7. The van der Waals surface area contributed by atoms with E-state index in [1.807, 2.05) is 0 Å². The molecular weight excluding hydrogens is 384 g/mol. The summed E-state index contributed by atoms with van der Waals surface area (Å²) in [6.45, 7) is 3.53. The molecule has 30 heavy (non-hydrogen) atoms. The first-order valence-corrected chi connectivity index (χ1v) is 9.63. The zero-order chi connectivity index (χ0) is 21.7. The SMILES string of the molecule is COc1ccc(C(CC(=O)OC(C)C)NC(=O)c2cc3ccccc3c(=O)[nH]2)cc1. The molecule has 0 aliphatic carbocycles. The molecule has 0 aliphatic rings. The maximum Gasteiger partial charge on any atom is 0.308 e. The summed E-state index contributed by atoms with van der Waals surface area (Å²) in [6.07, 6.45) is -0.310. The summed E-state index contributed by atoms with van der Waals surface area (Å²) in [7, 11) is 1.56. The van der Waals surface area contributed by atoms with Crippen LogP contribution in [-0.2, 0) is 9.53 Å². The quantitative estimate of drug-likeness (QED) is 0.585. The molecule has 0 saturated carbocycles. The average Bonchev–Trinajstić information content (AvgIpc) is 2.72. The van der Waals surface area contributed by atoms with Crippen molar-refractivity contribution in [2.75, 3.05) is 7.11 Å². The summed E-state index contributed by atoms with van der Waals surface area (Å²) in [6, 6.07) is 15.0. The molecule has 1 atom stereocenters. The summed E-state index contributed by atoms with van der Waals surface area (Å²) in [4.78, 5) is 40.1. The highest BCUT2D eigenvalue weighted by Gasteiger charge is 2.21. The van der Waals surface area contributed by atoms with Gasteiger partial charge in [0.15, 0.2) is 0 Å². The molecule has 0 spiro atoms. The van der Waals surface area contributed by atoms with Gasteiger partial charge in [0.25, 0.3) is 11.5 Å². The maximum absolute atomic E-state index is 12.9. The number of nitrogens with one attached hydrogen (secondary N) is 2. The van der Waals surface area contributed by atoms with Crippen LogP contribution in [0.4, 0.5) is 0 Å². The third-order valence-electron chi connectivity index (χ3n) is 4.56. The second kappa shape index (κ2) is 9.26. The van der Waals surface area contributed by atoms with E-state index in [-0.39, 0.29) is 23.8 Å². The zero-order valence-electron chi connectivity index (χ0n) is 17.1. The molecule has 1 amide bonds. The number of ether oxygens (including phenoxy) is 2. The molecule has 7 nitrogen and oxygen atoms in total. The number of carbonyl (C=O) groups excluding carboxylic acids is 2. The Hall–Kier alpha value is -3.61. The molecule has 1 aromatic heterocycles. The van der Waals surface area contributed by atoms with Crippen LogP contribution in [-0.4, -0.2) is 30.1 Å². The van der Waals surface area contributed by atoms with E-state index >= 15 is 0 Å². The number of methoxy groups -OCH3 is 1.